The van der Waals surface area contributed by atoms with Crippen molar-refractivity contribution in [1.82, 2.24) is 15.1 Å². The van der Waals surface area contributed by atoms with Gasteiger partial charge in [-0.1, -0.05) is 0 Å². The molecule has 2 aromatic rings. The van der Waals surface area contributed by atoms with E-state index in [9.17, 15) is 9.59 Å². The van der Waals surface area contributed by atoms with Crippen molar-refractivity contribution in [2.24, 2.45) is 18.7 Å². The second kappa shape index (κ2) is 7.86. The first-order valence-electron chi connectivity index (χ1n) is 9.32. The van der Waals surface area contributed by atoms with Gasteiger partial charge in [0.1, 0.15) is 0 Å². The molecular weight excluding hydrogens is 366 g/mol. The largest absolute Gasteiger partial charge is 0.371 e. The van der Waals surface area contributed by atoms with Crippen LogP contribution < -0.4 is 16.0 Å². The zero-order chi connectivity index (χ0) is 18.3. The summed E-state index contributed by atoms with van der Waals surface area (Å²) in [5.41, 5.74) is 8.76. The number of nitrogens with zero attached hydrogens (tertiary/aromatic N) is 3. The normalized spacial score (nSPS) is 21.3. The van der Waals surface area contributed by atoms with Crippen LogP contribution in [0.3, 0.4) is 0 Å². The third-order valence-corrected chi connectivity index (χ3v) is 5.75. The van der Waals surface area contributed by atoms with E-state index in [0.717, 1.165) is 49.1 Å². The van der Waals surface area contributed by atoms with Crippen molar-refractivity contribution < 1.29 is 9.59 Å². The first kappa shape index (κ1) is 19.6. The monoisotopic (exact) mass is 391 g/mol. The van der Waals surface area contributed by atoms with E-state index < -0.39 is 0 Å². The number of fused-ring (bicyclic) bond motifs is 1. The topological polar surface area (TPSA) is 93.2 Å². The van der Waals surface area contributed by atoms with Crippen molar-refractivity contribution in [3.8, 4) is 0 Å². The summed E-state index contributed by atoms with van der Waals surface area (Å²) in [5.74, 6) is -0.169. The molecule has 2 saturated heterocycles. The Labute approximate surface area is 164 Å². The number of hydrogen-bond donors (Lipinski definition) is 2. The van der Waals surface area contributed by atoms with Gasteiger partial charge in [0, 0.05) is 37.6 Å². The molecule has 0 aliphatic carbocycles. The lowest BCUT2D eigenvalue weighted by Gasteiger charge is -2.33. The standard InChI is InChI=1S/C19H25N5O2.ClH/c1-23-16-10-13(24-8-6-12(11-20)7-9-24)2-3-14(16)18(22-23)15-4-5-17(25)21-19(15)26;/h2-3,10,12,15H,4-9,11,20H2,1H3,(H,21,25,26);1H. The van der Waals surface area contributed by atoms with Crippen molar-refractivity contribution >= 4 is 40.8 Å². The number of piperidine rings is 2. The van der Waals surface area contributed by atoms with E-state index in [-0.39, 0.29) is 30.1 Å². The maximum absolute atomic E-state index is 12.2. The van der Waals surface area contributed by atoms with Crippen LogP contribution in [0.1, 0.15) is 37.3 Å². The van der Waals surface area contributed by atoms with Crippen molar-refractivity contribution in [1.29, 1.82) is 0 Å². The van der Waals surface area contributed by atoms with Gasteiger partial charge < -0.3 is 10.6 Å². The van der Waals surface area contributed by atoms with Gasteiger partial charge in [-0.3, -0.25) is 19.6 Å². The molecule has 4 rings (SSSR count). The number of nitrogens with one attached hydrogen (secondary N) is 1. The van der Waals surface area contributed by atoms with Gasteiger partial charge in [0.25, 0.3) is 0 Å². The Bertz CT molecular complexity index is 857. The van der Waals surface area contributed by atoms with Gasteiger partial charge in [-0.25, -0.2) is 0 Å². The summed E-state index contributed by atoms with van der Waals surface area (Å²) in [4.78, 5) is 26.0. The molecule has 146 valence electrons. The zero-order valence-corrected chi connectivity index (χ0v) is 16.3. The van der Waals surface area contributed by atoms with Crippen LogP contribution in [-0.4, -0.2) is 41.2 Å². The molecule has 1 aromatic heterocycles. The molecule has 3 N–H and O–H groups in total. The summed E-state index contributed by atoms with van der Waals surface area (Å²) in [6, 6.07) is 6.33. The molecule has 7 nitrogen and oxygen atoms in total. The highest BCUT2D eigenvalue weighted by Crippen LogP contribution is 2.33. The van der Waals surface area contributed by atoms with Crippen LogP contribution >= 0.6 is 12.4 Å². The summed E-state index contributed by atoms with van der Waals surface area (Å²) in [6.45, 7) is 2.81. The number of aryl methyl sites for hydroxylation is 1. The number of benzene rings is 1. The van der Waals surface area contributed by atoms with E-state index in [1.165, 1.54) is 5.69 Å². The third kappa shape index (κ3) is 3.66. The molecule has 0 radical (unpaired) electrons. The first-order valence-corrected chi connectivity index (χ1v) is 9.32. The quantitative estimate of drug-likeness (QED) is 0.776. The fraction of sp³-hybridized carbons (Fsp3) is 0.526. The lowest BCUT2D eigenvalue weighted by molar-refractivity contribution is -0.134. The number of carbonyl (C=O) groups is 2. The molecule has 1 unspecified atom stereocenters. The highest BCUT2D eigenvalue weighted by molar-refractivity contribution is 6.02. The summed E-state index contributed by atoms with van der Waals surface area (Å²) < 4.78 is 1.84. The molecular formula is C19H26ClN5O2. The second-order valence-corrected chi connectivity index (χ2v) is 7.38. The van der Waals surface area contributed by atoms with Gasteiger partial charge >= 0.3 is 0 Å². The van der Waals surface area contributed by atoms with Crippen LogP contribution in [0.5, 0.6) is 0 Å². The molecule has 2 aliphatic rings. The van der Waals surface area contributed by atoms with Crippen LogP contribution in [0.15, 0.2) is 18.2 Å². The fourth-order valence-corrected chi connectivity index (χ4v) is 4.11. The van der Waals surface area contributed by atoms with Crippen LogP contribution in [0, 0.1) is 5.92 Å². The summed E-state index contributed by atoms with van der Waals surface area (Å²) in [5, 5.41) is 8.03. The van der Waals surface area contributed by atoms with Gasteiger partial charge in [-0.15, -0.1) is 12.4 Å². The predicted octanol–water partition coefficient (Wildman–Crippen LogP) is 1.69. The lowest BCUT2D eigenvalue weighted by atomic mass is 9.92. The Morgan fingerprint density at radius 2 is 1.96 bits per heavy atom. The molecule has 27 heavy (non-hydrogen) atoms. The minimum absolute atomic E-state index is 0. The number of carbonyl (C=O) groups excluding carboxylic acids is 2. The van der Waals surface area contributed by atoms with E-state index in [1.807, 2.05) is 11.7 Å². The summed E-state index contributed by atoms with van der Waals surface area (Å²) in [7, 11) is 1.90. The van der Waals surface area contributed by atoms with Crippen molar-refractivity contribution in [2.75, 3.05) is 24.5 Å². The van der Waals surface area contributed by atoms with E-state index in [4.69, 9.17) is 5.73 Å². The number of hydrogen-bond acceptors (Lipinski definition) is 5. The molecule has 0 spiro atoms. The molecule has 2 aliphatic heterocycles. The Kier molecular flexibility index (Phi) is 5.72. The smallest absolute Gasteiger partial charge is 0.235 e. The Morgan fingerprint density at radius 3 is 2.63 bits per heavy atom. The zero-order valence-electron chi connectivity index (χ0n) is 15.5. The number of imide groups is 1. The first-order chi connectivity index (χ1) is 12.6. The number of rotatable bonds is 3. The summed E-state index contributed by atoms with van der Waals surface area (Å²) in [6.07, 6.45) is 3.14. The van der Waals surface area contributed by atoms with Crippen LogP contribution in [0.4, 0.5) is 5.69 Å². The summed E-state index contributed by atoms with van der Waals surface area (Å²) >= 11 is 0. The number of anilines is 1. The van der Waals surface area contributed by atoms with Crippen molar-refractivity contribution in [3.05, 3.63) is 23.9 Å². The van der Waals surface area contributed by atoms with E-state index >= 15 is 0 Å². The highest BCUT2D eigenvalue weighted by atomic mass is 35.5. The van der Waals surface area contributed by atoms with Crippen LogP contribution in [-0.2, 0) is 16.6 Å². The highest BCUT2D eigenvalue weighted by Gasteiger charge is 2.31. The van der Waals surface area contributed by atoms with Gasteiger partial charge in [-0.2, -0.15) is 5.10 Å². The molecule has 8 heteroatoms. The second-order valence-electron chi connectivity index (χ2n) is 7.38. The average Bonchev–Trinajstić information content (AvgIpc) is 2.98. The molecule has 0 bridgehead atoms. The van der Waals surface area contributed by atoms with Crippen molar-refractivity contribution in [2.45, 2.75) is 31.6 Å². The van der Waals surface area contributed by atoms with E-state index in [0.29, 0.717) is 18.8 Å². The predicted molar refractivity (Wildman–Crippen MR) is 107 cm³/mol. The molecule has 2 fully saturated rings. The number of halogens is 1. The Morgan fingerprint density at radius 1 is 1.22 bits per heavy atom. The minimum atomic E-state index is -0.359. The molecule has 2 amide bonds. The Hall–Kier alpha value is -2.12. The lowest BCUT2D eigenvalue weighted by Crippen LogP contribution is -2.39. The minimum Gasteiger partial charge on any atom is -0.371 e. The van der Waals surface area contributed by atoms with Gasteiger partial charge in [0.15, 0.2) is 0 Å². The van der Waals surface area contributed by atoms with Crippen LogP contribution in [0.25, 0.3) is 10.9 Å². The molecule has 1 atom stereocenters. The fourth-order valence-electron chi connectivity index (χ4n) is 4.11. The van der Waals surface area contributed by atoms with Crippen molar-refractivity contribution in [3.63, 3.8) is 0 Å². The SMILES string of the molecule is Cl.Cn1nc(C2CCC(=O)NC2=O)c2ccc(N3CCC(CN)CC3)cc21. The number of amides is 2. The molecule has 0 saturated carbocycles. The van der Waals surface area contributed by atoms with Gasteiger partial charge in [-0.05, 0) is 49.9 Å². The Balaban J connectivity index is 0.00000210. The maximum Gasteiger partial charge on any atom is 0.235 e. The van der Waals surface area contributed by atoms with E-state index in [2.05, 4.69) is 33.5 Å². The molecule has 1 aromatic carbocycles. The molecule has 3 heterocycles. The van der Waals surface area contributed by atoms with Crippen LogP contribution in [0.2, 0.25) is 0 Å². The van der Waals surface area contributed by atoms with E-state index in [1.54, 1.807) is 0 Å². The average molecular weight is 392 g/mol. The van der Waals surface area contributed by atoms with Gasteiger partial charge in [0.05, 0.1) is 17.1 Å². The third-order valence-electron chi connectivity index (χ3n) is 5.75. The van der Waals surface area contributed by atoms with Gasteiger partial charge in [0.2, 0.25) is 11.8 Å². The number of nitrogens with two attached hydrogens (primary N) is 1. The number of aromatic nitrogens is 2. The maximum atomic E-state index is 12.2.